The van der Waals surface area contributed by atoms with Crippen LogP contribution in [0.5, 0.6) is 0 Å². The Balaban J connectivity index is 1.85. The van der Waals surface area contributed by atoms with Crippen molar-refractivity contribution in [2.24, 2.45) is 0 Å². The first-order valence-corrected chi connectivity index (χ1v) is 13.7. The summed E-state index contributed by atoms with van der Waals surface area (Å²) in [6.07, 6.45) is -20.1. The molecule has 0 fully saturated rings. The molecule has 0 radical (unpaired) electrons. The van der Waals surface area contributed by atoms with Gasteiger partial charge in [-0.05, 0) is 47.5 Å². The molecule has 0 amide bonds. The zero-order valence-corrected chi connectivity index (χ0v) is 22.0. The molecule has 0 saturated carbocycles. The standard InChI is InChI=1S/C21H10F12S5/c22-18(23,24)11-1-9(2-12(5-11)19(25,26)27)7-35-15-16(38-17(34)37-15)36-8-10-3-13(20(28,29)30)6-14(4-10)21(31,32)33/h1-6H,7-8H2. The van der Waals surface area contributed by atoms with Gasteiger partial charge in [0.2, 0.25) is 0 Å². The Morgan fingerprint density at radius 1 is 0.500 bits per heavy atom. The molecule has 38 heavy (non-hydrogen) atoms. The second kappa shape index (κ2) is 11.2. The van der Waals surface area contributed by atoms with Gasteiger partial charge in [-0.3, -0.25) is 0 Å². The van der Waals surface area contributed by atoms with E-state index in [0.717, 1.165) is 46.2 Å². The highest BCUT2D eigenvalue weighted by atomic mass is 32.2. The van der Waals surface area contributed by atoms with E-state index in [1.807, 2.05) is 0 Å². The first kappa shape index (κ1) is 31.1. The fraction of sp³-hybridized carbons (Fsp3) is 0.286. The third-order valence-electron chi connectivity index (χ3n) is 4.55. The number of halogens is 12. The second-order valence-electron chi connectivity index (χ2n) is 7.43. The first-order valence-electron chi connectivity index (χ1n) is 9.70. The predicted molar refractivity (Wildman–Crippen MR) is 125 cm³/mol. The van der Waals surface area contributed by atoms with Crippen LogP contribution in [0.25, 0.3) is 0 Å². The highest BCUT2D eigenvalue weighted by molar-refractivity contribution is 8.04. The number of thioether (sulfide) groups is 2. The van der Waals surface area contributed by atoms with Crippen molar-refractivity contribution in [3.63, 3.8) is 0 Å². The molecule has 3 aromatic rings. The summed E-state index contributed by atoms with van der Waals surface area (Å²) in [6, 6.07) is 2.27. The molecule has 1 aromatic heterocycles. The van der Waals surface area contributed by atoms with E-state index in [4.69, 9.17) is 12.2 Å². The molecule has 0 nitrogen and oxygen atoms in total. The van der Waals surface area contributed by atoms with Crippen molar-refractivity contribution in [3.05, 3.63) is 72.9 Å². The maximum atomic E-state index is 13.1. The average molecular weight is 651 g/mol. The molecule has 1 heterocycles. The van der Waals surface area contributed by atoms with Crippen molar-refractivity contribution in [1.82, 2.24) is 0 Å². The monoisotopic (exact) mass is 650 g/mol. The first-order chi connectivity index (χ1) is 17.2. The molecule has 0 aliphatic rings. The maximum Gasteiger partial charge on any atom is 0.416 e. The number of hydrogen-bond donors (Lipinski definition) is 0. The van der Waals surface area contributed by atoms with Crippen LogP contribution < -0.4 is 0 Å². The zero-order chi connectivity index (χ0) is 28.7. The molecule has 208 valence electrons. The lowest BCUT2D eigenvalue weighted by Gasteiger charge is -2.14. The van der Waals surface area contributed by atoms with Gasteiger partial charge < -0.3 is 0 Å². The van der Waals surface area contributed by atoms with Gasteiger partial charge in [0.15, 0.2) is 0 Å². The average Bonchev–Trinajstić information content (AvgIpc) is 3.13. The Morgan fingerprint density at radius 3 is 1.00 bits per heavy atom. The van der Waals surface area contributed by atoms with E-state index in [9.17, 15) is 52.7 Å². The van der Waals surface area contributed by atoms with Crippen LogP contribution in [-0.4, -0.2) is 0 Å². The summed E-state index contributed by atoms with van der Waals surface area (Å²) in [5, 5.41) is 0. The highest BCUT2D eigenvalue weighted by Gasteiger charge is 2.38. The summed E-state index contributed by atoms with van der Waals surface area (Å²) >= 11 is 8.74. The van der Waals surface area contributed by atoms with Crippen molar-refractivity contribution in [2.75, 3.05) is 0 Å². The Kier molecular flexibility index (Phi) is 9.18. The van der Waals surface area contributed by atoms with Crippen molar-refractivity contribution in [3.8, 4) is 0 Å². The van der Waals surface area contributed by atoms with Crippen LogP contribution in [0.1, 0.15) is 33.4 Å². The summed E-state index contributed by atoms with van der Waals surface area (Å²) in [7, 11) is 0. The van der Waals surface area contributed by atoms with Gasteiger partial charge in [-0.1, -0.05) is 12.2 Å². The molecule has 17 heteroatoms. The van der Waals surface area contributed by atoms with Crippen LogP contribution in [-0.2, 0) is 36.2 Å². The molecule has 3 rings (SSSR count). The van der Waals surface area contributed by atoms with Gasteiger partial charge in [0.1, 0.15) is 3.14 Å². The zero-order valence-electron chi connectivity index (χ0n) is 18.0. The SMILES string of the molecule is FC(F)(F)c1cc(CSc2sc(=S)sc2SCc2cc(C(F)(F)F)cc(C(F)(F)F)c2)cc(C(F)(F)F)c1. The quantitative estimate of drug-likeness (QED) is 0.148. The maximum absolute atomic E-state index is 13.1. The third kappa shape index (κ3) is 8.29. The molecule has 0 saturated heterocycles. The van der Waals surface area contributed by atoms with E-state index in [1.54, 1.807) is 0 Å². The Morgan fingerprint density at radius 2 is 0.763 bits per heavy atom. The normalized spacial score (nSPS) is 13.3. The molecule has 0 aliphatic carbocycles. The Bertz CT molecular complexity index is 1180. The Labute approximate surface area is 228 Å². The molecular weight excluding hydrogens is 641 g/mol. The highest BCUT2D eigenvalue weighted by Crippen LogP contribution is 2.45. The number of hydrogen-bond acceptors (Lipinski definition) is 5. The number of rotatable bonds is 6. The van der Waals surface area contributed by atoms with Crippen LogP contribution in [0.2, 0.25) is 0 Å². The van der Waals surface area contributed by atoms with Gasteiger partial charge in [0.25, 0.3) is 0 Å². The third-order valence-corrected chi connectivity index (χ3v) is 10.3. The van der Waals surface area contributed by atoms with Crippen LogP contribution in [0.4, 0.5) is 52.7 Å². The number of benzene rings is 2. The largest absolute Gasteiger partial charge is 0.416 e. The van der Waals surface area contributed by atoms with Gasteiger partial charge >= 0.3 is 24.7 Å². The van der Waals surface area contributed by atoms with Crippen molar-refractivity contribution < 1.29 is 52.7 Å². The van der Waals surface area contributed by atoms with Crippen LogP contribution in [0, 0.1) is 3.14 Å². The smallest absolute Gasteiger partial charge is 0.166 e. The van der Waals surface area contributed by atoms with Gasteiger partial charge in [0, 0.05) is 11.5 Å². The molecule has 0 atom stereocenters. The predicted octanol–water partition coefficient (Wildman–Crippen LogP) is 11.2. The van der Waals surface area contributed by atoms with E-state index in [0.29, 0.717) is 35.8 Å². The van der Waals surface area contributed by atoms with Gasteiger partial charge in [0.05, 0.1) is 30.7 Å². The van der Waals surface area contributed by atoms with E-state index in [-0.39, 0.29) is 34.8 Å². The minimum absolute atomic E-state index is 0.00567. The summed E-state index contributed by atoms with van der Waals surface area (Å²) in [4.78, 5) is 0. The molecular formula is C21H10F12S5. The fourth-order valence-electron chi connectivity index (χ4n) is 2.94. The summed E-state index contributed by atoms with van der Waals surface area (Å²) in [5.41, 5.74) is -6.52. The van der Waals surface area contributed by atoms with Crippen molar-refractivity contribution in [1.29, 1.82) is 0 Å². The summed E-state index contributed by atoms with van der Waals surface area (Å²) in [6.45, 7) is 0. The van der Waals surface area contributed by atoms with Gasteiger partial charge in [-0.25, -0.2) is 0 Å². The van der Waals surface area contributed by atoms with E-state index < -0.39 is 47.0 Å². The molecule has 0 aliphatic heterocycles. The second-order valence-corrected chi connectivity index (χ2v) is 13.1. The van der Waals surface area contributed by atoms with E-state index in [1.165, 1.54) is 0 Å². The lowest BCUT2D eigenvalue weighted by atomic mass is 10.1. The topological polar surface area (TPSA) is 0 Å². The molecule has 0 unspecified atom stereocenters. The molecule has 0 spiro atoms. The van der Waals surface area contributed by atoms with E-state index >= 15 is 0 Å². The lowest BCUT2D eigenvalue weighted by Crippen LogP contribution is -2.11. The van der Waals surface area contributed by atoms with Gasteiger partial charge in [-0.15, -0.1) is 46.2 Å². The molecule has 2 aromatic carbocycles. The lowest BCUT2D eigenvalue weighted by molar-refractivity contribution is -0.144. The van der Waals surface area contributed by atoms with Crippen LogP contribution in [0.15, 0.2) is 44.8 Å². The molecule has 0 bridgehead atoms. The van der Waals surface area contributed by atoms with Crippen LogP contribution in [0.3, 0.4) is 0 Å². The van der Waals surface area contributed by atoms with Crippen LogP contribution >= 0.6 is 58.4 Å². The molecule has 0 N–H and O–H groups in total. The Hall–Kier alpha value is -1.43. The minimum Gasteiger partial charge on any atom is -0.166 e. The number of alkyl halides is 12. The minimum atomic E-state index is -5.03. The summed E-state index contributed by atoms with van der Waals surface area (Å²) < 4.78 is 158. The summed E-state index contributed by atoms with van der Waals surface area (Å²) in [5.74, 6) is -0.658. The van der Waals surface area contributed by atoms with Crippen molar-refractivity contribution >= 4 is 58.4 Å². The van der Waals surface area contributed by atoms with Gasteiger partial charge in [-0.2, -0.15) is 52.7 Å². The fourth-order valence-corrected chi connectivity index (χ4v) is 8.90. The van der Waals surface area contributed by atoms with Crippen molar-refractivity contribution in [2.45, 2.75) is 44.6 Å². The van der Waals surface area contributed by atoms with E-state index in [2.05, 4.69) is 0 Å².